The summed E-state index contributed by atoms with van der Waals surface area (Å²) in [6.45, 7) is 8.32. The molecule has 4 aromatic rings. The average molecular weight is 624 g/mol. The zero-order chi connectivity index (χ0) is 31.9. The number of unbranched alkanes of at least 4 members (excludes halogenated alkanes) is 3. The Labute approximate surface area is 270 Å². The van der Waals surface area contributed by atoms with Crippen LogP contribution in [-0.4, -0.2) is 18.5 Å². The van der Waals surface area contributed by atoms with Crippen molar-refractivity contribution in [2.75, 3.05) is 11.5 Å². The van der Waals surface area contributed by atoms with Crippen LogP contribution in [0.1, 0.15) is 42.4 Å². The van der Waals surface area contributed by atoms with E-state index < -0.39 is 5.97 Å². The summed E-state index contributed by atoms with van der Waals surface area (Å²) in [4.78, 5) is 24.8. The summed E-state index contributed by atoms with van der Waals surface area (Å²) in [5, 5.41) is 0.709. The lowest BCUT2D eigenvalue weighted by atomic mass is 10.0. The van der Waals surface area contributed by atoms with E-state index in [4.69, 9.17) is 25.8 Å². The van der Waals surface area contributed by atoms with E-state index in [9.17, 15) is 9.59 Å². The lowest BCUT2D eigenvalue weighted by molar-refractivity contribution is -0.137. The van der Waals surface area contributed by atoms with Crippen molar-refractivity contribution in [1.29, 1.82) is 0 Å². The number of carbonyl (C=O) groups excluding carboxylic acids is 2. The molecule has 0 N–H and O–H groups in total. The van der Waals surface area contributed by atoms with Gasteiger partial charge in [0.05, 0.1) is 6.61 Å². The summed E-state index contributed by atoms with van der Waals surface area (Å²) in [7, 11) is 0. The molecule has 0 aliphatic heterocycles. The van der Waals surface area contributed by atoms with Gasteiger partial charge in [-0.1, -0.05) is 74.0 Å². The van der Waals surface area contributed by atoms with Gasteiger partial charge < -0.3 is 19.1 Å². The molecule has 45 heavy (non-hydrogen) atoms. The van der Waals surface area contributed by atoms with Crippen molar-refractivity contribution in [3.8, 4) is 11.5 Å². The van der Waals surface area contributed by atoms with Crippen molar-refractivity contribution >= 4 is 34.9 Å². The molecule has 0 fully saturated rings. The predicted octanol–water partition coefficient (Wildman–Crippen LogP) is 9.18. The van der Waals surface area contributed by atoms with E-state index in [1.165, 1.54) is 11.6 Å². The van der Waals surface area contributed by atoms with Gasteiger partial charge in [0.2, 0.25) is 0 Å². The Morgan fingerprint density at radius 2 is 1.31 bits per heavy atom. The van der Waals surface area contributed by atoms with Crippen LogP contribution in [0.3, 0.4) is 0 Å². The monoisotopic (exact) mass is 623 g/mol. The molecule has 0 aliphatic rings. The molecule has 7 heteroatoms. The molecule has 4 rings (SSSR count). The maximum absolute atomic E-state index is 11.4. The number of anilines is 2. The van der Waals surface area contributed by atoms with E-state index >= 15 is 0 Å². The van der Waals surface area contributed by atoms with Crippen LogP contribution in [0.4, 0.5) is 11.4 Å². The largest absolute Gasteiger partial charge is 0.489 e. The molecule has 0 unspecified atom stereocenters. The number of rotatable bonds is 17. The molecule has 0 amide bonds. The molecule has 0 radical (unpaired) electrons. The van der Waals surface area contributed by atoms with Gasteiger partial charge in [-0.05, 0) is 96.6 Å². The van der Waals surface area contributed by atoms with Crippen LogP contribution in [-0.2, 0) is 33.9 Å². The van der Waals surface area contributed by atoms with Gasteiger partial charge in [0.25, 0.3) is 0 Å². The van der Waals surface area contributed by atoms with Gasteiger partial charge in [0.1, 0.15) is 18.1 Å². The highest BCUT2D eigenvalue weighted by molar-refractivity contribution is 6.30. The second kappa shape index (κ2) is 17.5. The average Bonchev–Trinajstić information content (AvgIpc) is 3.07. The fraction of sp³-hybridized carbons (Fsp3) is 0.211. The first kappa shape index (κ1) is 33.1. The van der Waals surface area contributed by atoms with Gasteiger partial charge in [-0.15, -0.1) is 0 Å². The Kier molecular flexibility index (Phi) is 12.9. The second-order valence-electron chi connectivity index (χ2n) is 10.5. The number of esters is 2. The van der Waals surface area contributed by atoms with Crippen LogP contribution in [0.25, 0.3) is 0 Å². The van der Waals surface area contributed by atoms with Crippen molar-refractivity contribution in [3.63, 3.8) is 0 Å². The standard InChI is InChI=1S/C38H38ClNO5/c1-3-37(41)43-25-8-6-5-7-10-29-13-17-33(18-14-29)40(27-31-11-9-12-32(39)26-31)34-19-15-30(16-20-34)28-44-35-21-23-36(24-22-35)45-38(42)4-2/h3-4,9,11-24,26H,1-2,5-8,10,25,27-28H2. The van der Waals surface area contributed by atoms with Crippen molar-refractivity contribution in [2.45, 2.75) is 45.3 Å². The summed E-state index contributed by atoms with van der Waals surface area (Å²) in [5.41, 5.74) is 5.57. The van der Waals surface area contributed by atoms with E-state index in [2.05, 4.69) is 72.7 Å². The molecule has 6 nitrogen and oxygen atoms in total. The number of hydrogen-bond donors (Lipinski definition) is 0. The molecule has 0 saturated heterocycles. The molecular formula is C38H38ClNO5. The van der Waals surface area contributed by atoms with Crippen LogP contribution in [0.5, 0.6) is 11.5 Å². The molecular weight excluding hydrogens is 586 g/mol. The fourth-order valence-electron chi connectivity index (χ4n) is 4.71. The first-order valence-electron chi connectivity index (χ1n) is 15.0. The SMILES string of the molecule is C=CC(=O)OCCCCCCc1ccc(N(Cc2cccc(Cl)c2)c2ccc(COc3ccc(OC(=O)C=C)cc3)cc2)cc1. The van der Waals surface area contributed by atoms with Crippen LogP contribution in [0, 0.1) is 0 Å². The molecule has 0 aromatic heterocycles. The second-order valence-corrected chi connectivity index (χ2v) is 10.9. The summed E-state index contributed by atoms with van der Waals surface area (Å²) in [6, 6.07) is 31.9. The third kappa shape index (κ3) is 11.0. The van der Waals surface area contributed by atoms with Crippen molar-refractivity contribution in [3.05, 3.63) is 144 Å². The number of nitrogens with zero attached hydrogens (tertiary/aromatic N) is 1. The van der Waals surface area contributed by atoms with E-state index in [-0.39, 0.29) is 5.97 Å². The highest BCUT2D eigenvalue weighted by Crippen LogP contribution is 2.30. The number of aryl methyl sites for hydroxylation is 1. The minimum absolute atomic E-state index is 0.362. The Morgan fingerprint density at radius 1 is 0.689 bits per heavy atom. The Hall–Kier alpha value is -4.81. The minimum atomic E-state index is -0.502. The highest BCUT2D eigenvalue weighted by Gasteiger charge is 2.12. The lowest BCUT2D eigenvalue weighted by Crippen LogP contribution is -2.16. The Morgan fingerprint density at radius 3 is 1.96 bits per heavy atom. The van der Waals surface area contributed by atoms with E-state index in [0.29, 0.717) is 36.3 Å². The number of ether oxygens (including phenoxy) is 3. The minimum Gasteiger partial charge on any atom is -0.489 e. The van der Waals surface area contributed by atoms with Crippen LogP contribution >= 0.6 is 11.6 Å². The Bertz CT molecular complexity index is 1550. The highest BCUT2D eigenvalue weighted by atomic mass is 35.5. The van der Waals surface area contributed by atoms with Gasteiger partial charge in [-0.2, -0.15) is 0 Å². The number of halogens is 1. The van der Waals surface area contributed by atoms with Gasteiger partial charge >= 0.3 is 11.9 Å². The summed E-state index contributed by atoms with van der Waals surface area (Å²) >= 11 is 6.31. The third-order valence-corrected chi connectivity index (χ3v) is 7.35. The van der Waals surface area contributed by atoms with E-state index in [1.54, 1.807) is 24.3 Å². The zero-order valence-electron chi connectivity index (χ0n) is 25.3. The fourth-order valence-corrected chi connectivity index (χ4v) is 4.92. The van der Waals surface area contributed by atoms with Crippen molar-refractivity contribution in [1.82, 2.24) is 0 Å². The quantitative estimate of drug-likeness (QED) is 0.0506. The topological polar surface area (TPSA) is 65.1 Å². The first-order valence-corrected chi connectivity index (χ1v) is 15.4. The number of carbonyl (C=O) groups is 2. The van der Waals surface area contributed by atoms with Gasteiger partial charge in [0.15, 0.2) is 0 Å². The predicted molar refractivity (Wildman–Crippen MR) is 180 cm³/mol. The number of hydrogen-bond acceptors (Lipinski definition) is 6. The summed E-state index contributed by atoms with van der Waals surface area (Å²) in [5.74, 6) is 0.246. The molecule has 0 atom stereocenters. The van der Waals surface area contributed by atoms with Gasteiger partial charge in [-0.3, -0.25) is 0 Å². The molecule has 0 heterocycles. The lowest BCUT2D eigenvalue weighted by Gasteiger charge is -2.26. The molecule has 232 valence electrons. The van der Waals surface area contributed by atoms with Gasteiger partial charge in [-0.25, -0.2) is 9.59 Å². The molecule has 0 spiro atoms. The summed E-state index contributed by atoms with van der Waals surface area (Å²) in [6.07, 6.45) is 7.37. The van der Waals surface area contributed by atoms with Crippen molar-refractivity contribution < 1.29 is 23.8 Å². The molecule has 0 saturated carbocycles. The maximum atomic E-state index is 11.4. The normalized spacial score (nSPS) is 10.5. The first-order chi connectivity index (χ1) is 21.9. The Balaban J connectivity index is 1.37. The van der Waals surface area contributed by atoms with Crippen molar-refractivity contribution in [2.24, 2.45) is 0 Å². The molecule has 0 aliphatic carbocycles. The van der Waals surface area contributed by atoms with E-state index in [0.717, 1.165) is 60.7 Å². The molecule has 4 aromatic carbocycles. The number of benzene rings is 4. The van der Waals surface area contributed by atoms with E-state index in [1.807, 2.05) is 18.2 Å². The van der Waals surface area contributed by atoms with Crippen LogP contribution in [0.15, 0.2) is 122 Å². The smallest absolute Gasteiger partial charge is 0.335 e. The van der Waals surface area contributed by atoms with Gasteiger partial charge in [0, 0.05) is 35.1 Å². The van der Waals surface area contributed by atoms with Crippen LogP contribution in [0.2, 0.25) is 5.02 Å². The maximum Gasteiger partial charge on any atom is 0.335 e. The molecule has 0 bridgehead atoms. The zero-order valence-corrected chi connectivity index (χ0v) is 26.1. The third-order valence-electron chi connectivity index (χ3n) is 7.11. The van der Waals surface area contributed by atoms with Crippen LogP contribution < -0.4 is 14.4 Å². The summed E-state index contributed by atoms with van der Waals surface area (Å²) < 4.78 is 16.1.